The Morgan fingerprint density at radius 3 is 2.93 bits per heavy atom. The van der Waals surface area contributed by atoms with Crippen LogP contribution in [0.1, 0.15) is 11.7 Å². The molecule has 0 radical (unpaired) electrons. The van der Waals surface area contributed by atoms with Crippen LogP contribution >= 0.6 is 0 Å². The van der Waals surface area contributed by atoms with Crippen molar-refractivity contribution in [2.75, 3.05) is 13.7 Å². The van der Waals surface area contributed by atoms with E-state index < -0.39 is 18.0 Å². The average molecular weight is 214 g/mol. The molecule has 0 fully saturated rings. The Bertz CT molecular complexity index is 329. The fourth-order valence-corrected chi connectivity index (χ4v) is 1.11. The van der Waals surface area contributed by atoms with E-state index in [1.54, 1.807) is 0 Å². The second-order valence-corrected chi connectivity index (χ2v) is 2.86. The van der Waals surface area contributed by atoms with Gasteiger partial charge >= 0.3 is 6.09 Å². The van der Waals surface area contributed by atoms with Gasteiger partial charge < -0.3 is 15.2 Å². The number of ether oxygens (including phenoxy) is 1. The van der Waals surface area contributed by atoms with Gasteiger partial charge in [0.15, 0.2) is 0 Å². The maximum Gasteiger partial charge on any atom is 0.405 e. The molecular formula is C9H11FN2O3. The first kappa shape index (κ1) is 11.4. The number of amides is 1. The summed E-state index contributed by atoms with van der Waals surface area (Å²) in [5.74, 6) is -0.467. The first-order valence-corrected chi connectivity index (χ1v) is 4.23. The molecule has 5 nitrogen and oxygen atoms in total. The maximum absolute atomic E-state index is 12.6. The lowest BCUT2D eigenvalue weighted by Crippen LogP contribution is -2.30. The number of nitrogens with zero attached hydrogens (tertiary/aromatic N) is 1. The van der Waals surface area contributed by atoms with Gasteiger partial charge in [0.25, 0.3) is 0 Å². The molecule has 0 saturated heterocycles. The molecule has 1 unspecified atom stereocenters. The van der Waals surface area contributed by atoms with Gasteiger partial charge in [-0.2, -0.15) is 0 Å². The SMILES string of the molecule is COCC(NC(=O)O)c1ccc(F)cn1. The largest absolute Gasteiger partial charge is 0.465 e. The number of rotatable bonds is 4. The van der Waals surface area contributed by atoms with E-state index in [-0.39, 0.29) is 6.61 Å². The summed E-state index contributed by atoms with van der Waals surface area (Å²) in [6.07, 6.45) is -0.148. The van der Waals surface area contributed by atoms with Crippen molar-refractivity contribution in [1.82, 2.24) is 10.3 Å². The van der Waals surface area contributed by atoms with E-state index in [2.05, 4.69) is 10.3 Å². The van der Waals surface area contributed by atoms with Crippen molar-refractivity contribution in [2.24, 2.45) is 0 Å². The Labute approximate surface area is 85.9 Å². The predicted octanol–water partition coefficient (Wildman–Crippen LogP) is 1.18. The molecule has 0 aliphatic rings. The summed E-state index contributed by atoms with van der Waals surface area (Å²) in [6, 6.07) is 2.04. The fourth-order valence-electron chi connectivity index (χ4n) is 1.11. The Hall–Kier alpha value is -1.69. The summed E-state index contributed by atoms with van der Waals surface area (Å²) in [5.41, 5.74) is 0.417. The summed E-state index contributed by atoms with van der Waals surface area (Å²) < 4.78 is 17.4. The van der Waals surface area contributed by atoms with Gasteiger partial charge in [-0.3, -0.25) is 4.98 Å². The fraction of sp³-hybridized carbons (Fsp3) is 0.333. The topological polar surface area (TPSA) is 71.5 Å². The highest BCUT2D eigenvalue weighted by molar-refractivity contribution is 5.65. The standard InChI is InChI=1S/C9H11FN2O3/c1-15-5-8(12-9(13)14)7-3-2-6(10)4-11-7/h2-4,8,12H,5H2,1H3,(H,13,14). The Morgan fingerprint density at radius 2 is 2.47 bits per heavy atom. The minimum absolute atomic E-state index is 0.144. The van der Waals surface area contributed by atoms with Crippen LogP contribution in [0.25, 0.3) is 0 Å². The molecule has 0 aliphatic carbocycles. The number of halogens is 1. The van der Waals surface area contributed by atoms with Crippen molar-refractivity contribution in [3.05, 3.63) is 29.8 Å². The molecule has 1 heterocycles. The third kappa shape index (κ3) is 3.51. The summed E-state index contributed by atoms with van der Waals surface area (Å²) in [5, 5.41) is 10.8. The second kappa shape index (κ2) is 5.26. The van der Waals surface area contributed by atoms with Gasteiger partial charge in [0, 0.05) is 7.11 Å². The Kier molecular flexibility index (Phi) is 3.99. The van der Waals surface area contributed by atoms with Gasteiger partial charge in [-0.15, -0.1) is 0 Å². The number of carboxylic acid groups (broad SMARTS) is 1. The van der Waals surface area contributed by atoms with Crippen LogP contribution in [0.2, 0.25) is 0 Å². The van der Waals surface area contributed by atoms with Crippen LogP contribution in [0.5, 0.6) is 0 Å². The highest BCUT2D eigenvalue weighted by atomic mass is 19.1. The van der Waals surface area contributed by atoms with Crippen LogP contribution in [0.4, 0.5) is 9.18 Å². The van der Waals surface area contributed by atoms with E-state index in [9.17, 15) is 9.18 Å². The summed E-state index contributed by atoms with van der Waals surface area (Å²) in [6.45, 7) is 0.144. The van der Waals surface area contributed by atoms with Crippen molar-refractivity contribution in [1.29, 1.82) is 0 Å². The smallest absolute Gasteiger partial charge is 0.405 e. The van der Waals surface area contributed by atoms with Gasteiger partial charge in [-0.25, -0.2) is 9.18 Å². The number of pyridine rings is 1. The molecule has 0 aliphatic heterocycles. The number of methoxy groups -OCH3 is 1. The molecule has 1 aromatic heterocycles. The van der Waals surface area contributed by atoms with Crippen LogP contribution in [0.15, 0.2) is 18.3 Å². The molecule has 1 atom stereocenters. The number of nitrogens with one attached hydrogen (secondary N) is 1. The monoisotopic (exact) mass is 214 g/mol. The normalized spacial score (nSPS) is 12.1. The van der Waals surface area contributed by atoms with E-state index in [0.717, 1.165) is 6.20 Å². The minimum atomic E-state index is -1.18. The van der Waals surface area contributed by atoms with Crippen LogP contribution in [-0.2, 0) is 4.74 Å². The molecule has 1 rings (SSSR count). The van der Waals surface area contributed by atoms with E-state index in [4.69, 9.17) is 9.84 Å². The molecule has 0 bridgehead atoms. The van der Waals surface area contributed by atoms with Crippen molar-refractivity contribution >= 4 is 6.09 Å². The molecule has 6 heteroatoms. The average Bonchev–Trinajstić information content (AvgIpc) is 2.17. The van der Waals surface area contributed by atoms with E-state index >= 15 is 0 Å². The van der Waals surface area contributed by atoms with Crippen molar-refractivity contribution in [2.45, 2.75) is 6.04 Å². The lowest BCUT2D eigenvalue weighted by atomic mass is 10.2. The molecular weight excluding hydrogens is 203 g/mol. The zero-order valence-corrected chi connectivity index (χ0v) is 8.11. The highest BCUT2D eigenvalue weighted by Gasteiger charge is 2.14. The van der Waals surface area contributed by atoms with Crippen LogP contribution in [-0.4, -0.2) is 29.9 Å². The van der Waals surface area contributed by atoms with Gasteiger partial charge in [0.1, 0.15) is 5.82 Å². The molecule has 82 valence electrons. The third-order valence-corrected chi connectivity index (χ3v) is 1.74. The molecule has 1 aromatic rings. The lowest BCUT2D eigenvalue weighted by Gasteiger charge is -2.14. The molecule has 1 amide bonds. The number of aromatic nitrogens is 1. The lowest BCUT2D eigenvalue weighted by molar-refractivity contribution is 0.150. The van der Waals surface area contributed by atoms with E-state index in [0.29, 0.717) is 5.69 Å². The van der Waals surface area contributed by atoms with Crippen molar-refractivity contribution in [3.8, 4) is 0 Å². The van der Waals surface area contributed by atoms with Gasteiger partial charge in [-0.05, 0) is 12.1 Å². The van der Waals surface area contributed by atoms with Crippen LogP contribution in [0.3, 0.4) is 0 Å². The second-order valence-electron chi connectivity index (χ2n) is 2.86. The zero-order valence-electron chi connectivity index (χ0n) is 8.11. The van der Waals surface area contributed by atoms with Crippen LogP contribution < -0.4 is 5.32 Å². The molecule has 2 N–H and O–H groups in total. The predicted molar refractivity (Wildman–Crippen MR) is 50.0 cm³/mol. The molecule has 0 aromatic carbocycles. The quantitative estimate of drug-likeness (QED) is 0.789. The highest BCUT2D eigenvalue weighted by Crippen LogP contribution is 2.10. The third-order valence-electron chi connectivity index (χ3n) is 1.74. The molecule has 15 heavy (non-hydrogen) atoms. The number of hydrogen-bond acceptors (Lipinski definition) is 3. The van der Waals surface area contributed by atoms with Crippen molar-refractivity contribution in [3.63, 3.8) is 0 Å². The Morgan fingerprint density at radius 1 is 1.73 bits per heavy atom. The minimum Gasteiger partial charge on any atom is -0.465 e. The summed E-state index contributed by atoms with van der Waals surface area (Å²) in [4.78, 5) is 14.2. The van der Waals surface area contributed by atoms with E-state index in [1.807, 2.05) is 0 Å². The number of hydrogen-bond donors (Lipinski definition) is 2. The van der Waals surface area contributed by atoms with E-state index in [1.165, 1.54) is 19.2 Å². The van der Waals surface area contributed by atoms with Gasteiger partial charge in [0.2, 0.25) is 0 Å². The summed E-state index contributed by atoms with van der Waals surface area (Å²) in [7, 11) is 1.44. The summed E-state index contributed by atoms with van der Waals surface area (Å²) >= 11 is 0. The number of carbonyl (C=O) groups is 1. The van der Waals surface area contributed by atoms with Gasteiger partial charge in [-0.1, -0.05) is 0 Å². The Balaban J connectivity index is 2.78. The van der Waals surface area contributed by atoms with Gasteiger partial charge in [0.05, 0.1) is 24.5 Å². The zero-order chi connectivity index (χ0) is 11.3. The molecule has 0 saturated carbocycles. The first-order chi connectivity index (χ1) is 7.13. The maximum atomic E-state index is 12.6. The molecule has 0 spiro atoms. The van der Waals surface area contributed by atoms with Crippen LogP contribution in [0, 0.1) is 5.82 Å². The van der Waals surface area contributed by atoms with Crippen molar-refractivity contribution < 1.29 is 19.0 Å². The first-order valence-electron chi connectivity index (χ1n) is 4.23.